The second kappa shape index (κ2) is 6.61. The molecular weight excluding hydrogens is 262 g/mol. The molecule has 0 saturated carbocycles. The maximum absolute atomic E-state index is 13.2. The molecule has 0 aliphatic carbocycles. The summed E-state index contributed by atoms with van der Waals surface area (Å²) in [6.45, 7) is 8.07. The molecule has 21 heavy (non-hydrogen) atoms. The van der Waals surface area contributed by atoms with Crippen LogP contribution >= 0.6 is 0 Å². The van der Waals surface area contributed by atoms with E-state index in [1.165, 1.54) is 0 Å². The first-order valence-corrected chi connectivity index (χ1v) is 7.95. The van der Waals surface area contributed by atoms with Gasteiger partial charge in [-0.3, -0.25) is 4.79 Å². The molecule has 0 bridgehead atoms. The molecule has 0 radical (unpaired) electrons. The Bertz CT molecular complexity index is 511. The third-order valence-corrected chi connectivity index (χ3v) is 4.76. The molecule has 3 heteroatoms. The summed E-state index contributed by atoms with van der Waals surface area (Å²) in [5, 5.41) is 3.38. The topological polar surface area (TPSA) is 38.3 Å². The summed E-state index contributed by atoms with van der Waals surface area (Å²) in [7, 11) is 1.68. The molecule has 1 heterocycles. The van der Waals surface area contributed by atoms with Crippen molar-refractivity contribution < 1.29 is 9.53 Å². The van der Waals surface area contributed by atoms with Crippen LogP contribution in [-0.2, 0) is 0 Å². The number of Topliss-reactive ketones (excluding diaryl/α,β-unsaturated/α-hetero) is 1. The zero-order valence-electron chi connectivity index (χ0n) is 13.7. The van der Waals surface area contributed by atoms with Gasteiger partial charge in [-0.2, -0.15) is 0 Å². The molecule has 0 amide bonds. The monoisotopic (exact) mass is 289 g/mol. The minimum Gasteiger partial charge on any atom is -0.496 e. The van der Waals surface area contributed by atoms with E-state index in [-0.39, 0.29) is 5.41 Å². The van der Waals surface area contributed by atoms with E-state index >= 15 is 0 Å². The Morgan fingerprint density at radius 3 is 2.48 bits per heavy atom. The Morgan fingerprint density at radius 2 is 1.90 bits per heavy atom. The van der Waals surface area contributed by atoms with Crippen LogP contribution in [0.25, 0.3) is 0 Å². The van der Waals surface area contributed by atoms with Gasteiger partial charge in [0.2, 0.25) is 0 Å². The van der Waals surface area contributed by atoms with Crippen molar-refractivity contribution in [3.8, 4) is 5.75 Å². The number of ketones is 1. The van der Waals surface area contributed by atoms with Crippen LogP contribution in [0, 0.1) is 19.3 Å². The first kappa shape index (κ1) is 16.0. The molecule has 0 spiro atoms. The molecule has 2 rings (SSSR count). The standard InChI is InChI=1S/C18H27NO2/c1-5-6-18(7-9-19-10-8-18)17(20)15-11-14(3)16(21-4)12-13(15)2/h11-12,19H,5-10H2,1-4H3. The molecule has 0 aromatic heterocycles. The Labute approximate surface area is 128 Å². The summed E-state index contributed by atoms with van der Waals surface area (Å²) in [4.78, 5) is 13.2. The van der Waals surface area contributed by atoms with Gasteiger partial charge in [0.25, 0.3) is 0 Å². The average Bonchev–Trinajstić information content (AvgIpc) is 2.49. The zero-order chi connectivity index (χ0) is 15.5. The fourth-order valence-electron chi connectivity index (χ4n) is 3.51. The van der Waals surface area contributed by atoms with Crippen molar-refractivity contribution in [2.45, 2.75) is 46.5 Å². The fourth-order valence-corrected chi connectivity index (χ4v) is 3.51. The Hall–Kier alpha value is -1.35. The quantitative estimate of drug-likeness (QED) is 0.841. The van der Waals surface area contributed by atoms with Crippen LogP contribution in [-0.4, -0.2) is 26.0 Å². The summed E-state index contributed by atoms with van der Waals surface area (Å²) in [6, 6.07) is 4.00. The molecule has 1 aliphatic rings. The van der Waals surface area contributed by atoms with Gasteiger partial charge < -0.3 is 10.1 Å². The summed E-state index contributed by atoms with van der Waals surface area (Å²) in [6.07, 6.45) is 3.94. The lowest BCUT2D eigenvalue weighted by atomic mass is 9.69. The number of nitrogens with one attached hydrogen (secondary N) is 1. The molecule has 3 nitrogen and oxygen atoms in total. The minimum atomic E-state index is -0.175. The summed E-state index contributed by atoms with van der Waals surface area (Å²) < 4.78 is 5.36. The van der Waals surface area contributed by atoms with Crippen molar-refractivity contribution in [1.82, 2.24) is 5.32 Å². The molecule has 1 saturated heterocycles. The maximum Gasteiger partial charge on any atom is 0.169 e. The van der Waals surface area contributed by atoms with Gasteiger partial charge >= 0.3 is 0 Å². The Morgan fingerprint density at radius 1 is 1.24 bits per heavy atom. The molecule has 1 N–H and O–H groups in total. The smallest absolute Gasteiger partial charge is 0.169 e. The molecule has 0 atom stereocenters. The number of rotatable bonds is 5. The van der Waals surface area contributed by atoms with Crippen LogP contribution in [0.15, 0.2) is 12.1 Å². The lowest BCUT2D eigenvalue weighted by Gasteiger charge is -2.36. The van der Waals surface area contributed by atoms with E-state index in [0.717, 1.165) is 61.2 Å². The highest BCUT2D eigenvalue weighted by atomic mass is 16.5. The number of carbonyl (C=O) groups excluding carboxylic acids is 1. The van der Waals surface area contributed by atoms with Crippen LogP contribution in [0.3, 0.4) is 0 Å². The Balaban J connectivity index is 2.39. The minimum absolute atomic E-state index is 0.175. The van der Waals surface area contributed by atoms with Gasteiger partial charge in [-0.05, 0) is 69.5 Å². The van der Waals surface area contributed by atoms with Crippen molar-refractivity contribution in [3.63, 3.8) is 0 Å². The second-order valence-electron chi connectivity index (χ2n) is 6.25. The highest BCUT2D eigenvalue weighted by molar-refractivity contribution is 6.02. The largest absolute Gasteiger partial charge is 0.496 e. The number of aryl methyl sites for hydroxylation is 2. The number of methoxy groups -OCH3 is 1. The number of benzene rings is 1. The van der Waals surface area contributed by atoms with E-state index in [1.807, 2.05) is 26.0 Å². The summed E-state index contributed by atoms with van der Waals surface area (Å²) in [5.74, 6) is 1.19. The molecule has 1 aliphatic heterocycles. The molecule has 1 aromatic rings. The van der Waals surface area contributed by atoms with E-state index in [1.54, 1.807) is 7.11 Å². The first-order valence-electron chi connectivity index (χ1n) is 7.95. The summed E-state index contributed by atoms with van der Waals surface area (Å²) in [5.41, 5.74) is 2.76. The van der Waals surface area contributed by atoms with Crippen molar-refractivity contribution in [2.75, 3.05) is 20.2 Å². The van der Waals surface area contributed by atoms with Gasteiger partial charge in [-0.1, -0.05) is 13.3 Å². The Kier molecular flexibility index (Phi) is 5.04. The summed E-state index contributed by atoms with van der Waals surface area (Å²) >= 11 is 0. The van der Waals surface area contributed by atoms with Gasteiger partial charge in [0, 0.05) is 11.0 Å². The van der Waals surface area contributed by atoms with Gasteiger partial charge in [0.05, 0.1) is 7.11 Å². The van der Waals surface area contributed by atoms with Gasteiger partial charge in [-0.15, -0.1) is 0 Å². The SMILES string of the molecule is CCCC1(C(=O)c2cc(C)c(OC)cc2C)CCNCC1. The number of piperidine rings is 1. The van der Waals surface area contributed by atoms with Crippen LogP contribution in [0.2, 0.25) is 0 Å². The van der Waals surface area contributed by atoms with Crippen LogP contribution in [0.5, 0.6) is 5.75 Å². The third-order valence-electron chi connectivity index (χ3n) is 4.76. The zero-order valence-corrected chi connectivity index (χ0v) is 13.7. The van der Waals surface area contributed by atoms with E-state index < -0.39 is 0 Å². The second-order valence-corrected chi connectivity index (χ2v) is 6.25. The van der Waals surface area contributed by atoms with E-state index in [9.17, 15) is 4.79 Å². The van der Waals surface area contributed by atoms with Crippen molar-refractivity contribution in [2.24, 2.45) is 5.41 Å². The highest BCUT2D eigenvalue weighted by Gasteiger charge is 2.39. The van der Waals surface area contributed by atoms with Crippen molar-refractivity contribution >= 4 is 5.78 Å². The molecule has 1 fully saturated rings. The number of hydrogen-bond donors (Lipinski definition) is 1. The van der Waals surface area contributed by atoms with Crippen molar-refractivity contribution in [1.29, 1.82) is 0 Å². The molecule has 0 unspecified atom stereocenters. The number of ether oxygens (including phenoxy) is 1. The van der Waals surface area contributed by atoms with E-state index in [2.05, 4.69) is 12.2 Å². The normalized spacial score (nSPS) is 17.5. The predicted molar refractivity (Wildman–Crippen MR) is 86.2 cm³/mol. The highest BCUT2D eigenvalue weighted by Crippen LogP contribution is 2.39. The van der Waals surface area contributed by atoms with Crippen molar-refractivity contribution in [3.05, 3.63) is 28.8 Å². The first-order chi connectivity index (χ1) is 10.0. The van der Waals surface area contributed by atoms with Gasteiger partial charge in [0.1, 0.15) is 5.75 Å². The molecule has 1 aromatic carbocycles. The lowest BCUT2D eigenvalue weighted by Crippen LogP contribution is -2.42. The average molecular weight is 289 g/mol. The fraction of sp³-hybridized carbons (Fsp3) is 0.611. The van der Waals surface area contributed by atoms with Gasteiger partial charge in [-0.25, -0.2) is 0 Å². The third kappa shape index (κ3) is 3.13. The van der Waals surface area contributed by atoms with E-state index in [4.69, 9.17) is 4.74 Å². The molecular formula is C18H27NO2. The van der Waals surface area contributed by atoms with Crippen LogP contribution in [0.1, 0.15) is 54.1 Å². The maximum atomic E-state index is 13.2. The van der Waals surface area contributed by atoms with Crippen LogP contribution in [0.4, 0.5) is 0 Å². The molecule has 116 valence electrons. The lowest BCUT2D eigenvalue weighted by molar-refractivity contribution is 0.0703. The number of carbonyl (C=O) groups is 1. The van der Waals surface area contributed by atoms with Crippen LogP contribution < -0.4 is 10.1 Å². The predicted octanol–water partition coefficient (Wildman–Crippen LogP) is 3.66. The van der Waals surface area contributed by atoms with Gasteiger partial charge in [0.15, 0.2) is 5.78 Å². The van der Waals surface area contributed by atoms with E-state index in [0.29, 0.717) is 5.78 Å². The number of hydrogen-bond acceptors (Lipinski definition) is 3.